The van der Waals surface area contributed by atoms with Crippen LogP contribution in [0.25, 0.3) is 0 Å². The van der Waals surface area contributed by atoms with Crippen molar-refractivity contribution in [2.75, 3.05) is 20.1 Å². The van der Waals surface area contributed by atoms with Crippen LogP contribution in [-0.4, -0.2) is 41.5 Å². The van der Waals surface area contributed by atoms with Crippen LogP contribution in [-0.2, 0) is 0 Å². The fourth-order valence-corrected chi connectivity index (χ4v) is 3.09. The molecule has 1 aliphatic rings. The van der Waals surface area contributed by atoms with Crippen molar-refractivity contribution in [3.63, 3.8) is 0 Å². The summed E-state index contributed by atoms with van der Waals surface area (Å²) >= 11 is 0. The van der Waals surface area contributed by atoms with Crippen molar-refractivity contribution in [3.8, 4) is 0 Å². The summed E-state index contributed by atoms with van der Waals surface area (Å²) in [5.74, 6) is 0.188. The van der Waals surface area contributed by atoms with Crippen LogP contribution >= 0.6 is 0 Å². The van der Waals surface area contributed by atoms with Gasteiger partial charge in [0.05, 0.1) is 5.60 Å². The Morgan fingerprint density at radius 2 is 1.95 bits per heavy atom. The number of hydrogen-bond acceptors (Lipinski definition) is 3. The normalized spacial score (nSPS) is 17.6. The minimum absolute atomic E-state index is 0.188. The first-order valence-corrected chi connectivity index (χ1v) is 7.50. The second-order valence-corrected chi connectivity index (χ2v) is 6.16. The van der Waals surface area contributed by atoms with Gasteiger partial charge in [0.25, 0.3) is 0 Å². The number of nitrogens with zero attached hydrogens (tertiary/aromatic N) is 1. The third-order valence-corrected chi connectivity index (χ3v) is 4.26. The minimum Gasteiger partial charge on any atom is -0.389 e. The number of aryl methyl sites for hydroxylation is 1. The Bertz CT molecular complexity index is 464. The highest BCUT2D eigenvalue weighted by atomic mass is 16.3. The first kappa shape index (κ1) is 15.2. The van der Waals surface area contributed by atoms with Crippen LogP contribution in [0.3, 0.4) is 0 Å². The van der Waals surface area contributed by atoms with Gasteiger partial charge in [-0.2, -0.15) is 0 Å². The smallest absolute Gasteiger partial charge is 0.164 e. The highest BCUT2D eigenvalue weighted by molar-refractivity contribution is 5.97. The van der Waals surface area contributed by atoms with Crippen molar-refractivity contribution in [1.82, 2.24) is 4.90 Å². The van der Waals surface area contributed by atoms with E-state index in [1.165, 1.54) is 0 Å². The Balaban J connectivity index is 1.83. The molecule has 110 valence electrons. The van der Waals surface area contributed by atoms with Gasteiger partial charge in [-0.15, -0.1) is 0 Å². The molecule has 0 spiro atoms. The van der Waals surface area contributed by atoms with Gasteiger partial charge >= 0.3 is 0 Å². The first-order chi connectivity index (χ1) is 9.50. The average molecular weight is 275 g/mol. The molecule has 1 aromatic rings. The summed E-state index contributed by atoms with van der Waals surface area (Å²) in [5.41, 5.74) is 1.33. The van der Waals surface area contributed by atoms with Crippen molar-refractivity contribution in [3.05, 3.63) is 35.4 Å². The molecular formula is C17H25NO2. The predicted molar refractivity (Wildman–Crippen MR) is 81.0 cm³/mol. The van der Waals surface area contributed by atoms with Gasteiger partial charge in [0.2, 0.25) is 0 Å². The summed E-state index contributed by atoms with van der Waals surface area (Å²) in [7, 11) is 1.99. The second kappa shape index (κ2) is 6.51. The van der Waals surface area contributed by atoms with Crippen molar-refractivity contribution in [1.29, 1.82) is 0 Å². The van der Waals surface area contributed by atoms with E-state index in [4.69, 9.17) is 0 Å². The van der Waals surface area contributed by atoms with Crippen molar-refractivity contribution in [2.24, 2.45) is 0 Å². The minimum atomic E-state index is -0.527. The van der Waals surface area contributed by atoms with Gasteiger partial charge in [-0.05, 0) is 32.4 Å². The summed E-state index contributed by atoms with van der Waals surface area (Å²) in [6.07, 6.45) is 4.53. The largest absolute Gasteiger partial charge is 0.389 e. The summed E-state index contributed by atoms with van der Waals surface area (Å²) in [5, 5.41) is 10.4. The summed E-state index contributed by atoms with van der Waals surface area (Å²) < 4.78 is 0. The van der Waals surface area contributed by atoms with Gasteiger partial charge in [0, 0.05) is 25.1 Å². The lowest BCUT2D eigenvalue weighted by Crippen LogP contribution is -2.39. The van der Waals surface area contributed by atoms with Crippen LogP contribution in [0.1, 0.15) is 48.0 Å². The zero-order chi connectivity index (χ0) is 14.6. The molecule has 0 aromatic heterocycles. The topological polar surface area (TPSA) is 40.5 Å². The molecule has 0 amide bonds. The molecule has 3 heteroatoms. The van der Waals surface area contributed by atoms with Crippen molar-refractivity contribution in [2.45, 2.75) is 44.6 Å². The fourth-order valence-electron chi connectivity index (χ4n) is 3.09. The molecule has 0 radical (unpaired) electrons. The molecule has 1 saturated carbocycles. The van der Waals surface area contributed by atoms with Crippen LogP contribution in [0.4, 0.5) is 0 Å². The molecule has 0 unspecified atom stereocenters. The van der Waals surface area contributed by atoms with Gasteiger partial charge in [-0.3, -0.25) is 4.79 Å². The van der Waals surface area contributed by atoms with Crippen LogP contribution in [0.15, 0.2) is 24.3 Å². The maximum absolute atomic E-state index is 12.2. The third kappa shape index (κ3) is 3.90. The SMILES string of the molecule is Cc1ccccc1C(=O)CCN(C)CC1(O)CCCC1. The standard InChI is InChI=1S/C17H25NO2/c1-14-7-3-4-8-15(14)16(19)9-12-18(2)13-17(20)10-5-6-11-17/h3-4,7-8,20H,5-6,9-13H2,1-2H3. The van der Waals surface area contributed by atoms with Crippen molar-refractivity contribution >= 4 is 5.78 Å². The van der Waals surface area contributed by atoms with Gasteiger partial charge < -0.3 is 10.0 Å². The molecule has 2 rings (SSSR count). The van der Waals surface area contributed by atoms with E-state index in [-0.39, 0.29) is 5.78 Å². The first-order valence-electron chi connectivity index (χ1n) is 7.50. The molecule has 0 aliphatic heterocycles. The number of carbonyl (C=O) groups excluding carboxylic acids is 1. The molecule has 0 atom stereocenters. The number of aliphatic hydroxyl groups is 1. The number of ketones is 1. The molecule has 1 fully saturated rings. The maximum atomic E-state index is 12.2. The molecule has 1 aromatic carbocycles. The molecule has 20 heavy (non-hydrogen) atoms. The Morgan fingerprint density at radius 3 is 2.60 bits per heavy atom. The Morgan fingerprint density at radius 1 is 1.30 bits per heavy atom. The number of likely N-dealkylation sites (N-methyl/N-ethyl adjacent to an activating group) is 1. The number of carbonyl (C=O) groups is 1. The molecule has 1 aliphatic carbocycles. The zero-order valence-corrected chi connectivity index (χ0v) is 12.6. The number of rotatable bonds is 6. The van der Waals surface area contributed by atoms with Crippen LogP contribution in [0, 0.1) is 6.92 Å². The van der Waals surface area contributed by atoms with E-state index >= 15 is 0 Å². The van der Waals surface area contributed by atoms with E-state index in [1.807, 2.05) is 38.2 Å². The number of benzene rings is 1. The highest BCUT2D eigenvalue weighted by Crippen LogP contribution is 2.29. The van der Waals surface area contributed by atoms with E-state index in [1.54, 1.807) is 0 Å². The quantitative estimate of drug-likeness (QED) is 0.812. The van der Waals surface area contributed by atoms with Gasteiger partial charge in [0.15, 0.2) is 5.78 Å². The molecule has 0 bridgehead atoms. The number of hydrogen-bond donors (Lipinski definition) is 1. The van der Waals surface area contributed by atoms with E-state index < -0.39 is 5.60 Å². The lowest BCUT2D eigenvalue weighted by Gasteiger charge is -2.28. The lowest BCUT2D eigenvalue weighted by atomic mass is 10.0. The Hall–Kier alpha value is -1.19. The summed E-state index contributed by atoms with van der Waals surface area (Å²) in [4.78, 5) is 14.3. The summed E-state index contributed by atoms with van der Waals surface area (Å²) in [6.45, 7) is 3.35. The molecule has 0 heterocycles. The van der Waals surface area contributed by atoms with Gasteiger partial charge in [-0.25, -0.2) is 0 Å². The van der Waals surface area contributed by atoms with E-state index in [0.29, 0.717) is 19.5 Å². The number of Topliss-reactive ketones (excluding diaryl/α,β-unsaturated/α-hetero) is 1. The fraction of sp³-hybridized carbons (Fsp3) is 0.588. The monoisotopic (exact) mass is 275 g/mol. The lowest BCUT2D eigenvalue weighted by molar-refractivity contribution is 0.0162. The van der Waals surface area contributed by atoms with E-state index in [0.717, 1.165) is 36.8 Å². The predicted octanol–water partition coefficient (Wildman–Crippen LogP) is 2.80. The summed E-state index contributed by atoms with van der Waals surface area (Å²) in [6, 6.07) is 7.72. The second-order valence-electron chi connectivity index (χ2n) is 6.16. The zero-order valence-electron chi connectivity index (χ0n) is 12.6. The Kier molecular flexibility index (Phi) is 4.95. The van der Waals surface area contributed by atoms with Crippen molar-refractivity contribution < 1.29 is 9.90 Å². The Labute approximate surface area is 121 Å². The van der Waals surface area contributed by atoms with E-state index in [2.05, 4.69) is 4.90 Å². The molecule has 1 N–H and O–H groups in total. The maximum Gasteiger partial charge on any atom is 0.164 e. The molecular weight excluding hydrogens is 250 g/mol. The highest BCUT2D eigenvalue weighted by Gasteiger charge is 2.32. The average Bonchev–Trinajstić information content (AvgIpc) is 2.83. The molecule has 3 nitrogen and oxygen atoms in total. The van der Waals surface area contributed by atoms with Gasteiger partial charge in [-0.1, -0.05) is 37.1 Å². The molecule has 0 saturated heterocycles. The van der Waals surface area contributed by atoms with Crippen LogP contribution in [0.5, 0.6) is 0 Å². The van der Waals surface area contributed by atoms with Crippen LogP contribution in [0.2, 0.25) is 0 Å². The van der Waals surface area contributed by atoms with Gasteiger partial charge in [0.1, 0.15) is 0 Å². The third-order valence-electron chi connectivity index (χ3n) is 4.26. The van der Waals surface area contributed by atoms with Crippen LogP contribution < -0.4 is 0 Å². The van der Waals surface area contributed by atoms with E-state index in [9.17, 15) is 9.90 Å².